The summed E-state index contributed by atoms with van der Waals surface area (Å²) in [6.45, 7) is 5.99. The van der Waals surface area contributed by atoms with Crippen LogP contribution in [0.4, 0.5) is 0 Å². The van der Waals surface area contributed by atoms with Crippen molar-refractivity contribution >= 4 is 0 Å². The van der Waals surface area contributed by atoms with Crippen molar-refractivity contribution in [3.63, 3.8) is 0 Å². The van der Waals surface area contributed by atoms with E-state index >= 15 is 0 Å². The quantitative estimate of drug-likeness (QED) is 0.844. The normalized spacial score (nSPS) is 27.9. The molecule has 2 aliphatic rings. The first-order valence-electron chi connectivity index (χ1n) is 7.93. The third kappa shape index (κ3) is 3.01. The van der Waals surface area contributed by atoms with Crippen molar-refractivity contribution in [2.45, 2.75) is 38.8 Å². The van der Waals surface area contributed by atoms with Gasteiger partial charge in [0.25, 0.3) is 0 Å². The minimum absolute atomic E-state index is 0.123. The zero-order valence-electron chi connectivity index (χ0n) is 13.2. The molecule has 0 amide bonds. The molecule has 4 atom stereocenters. The number of nitrogens with one attached hydrogen (secondary N) is 1. The first kappa shape index (κ1) is 14.7. The monoisotopic (exact) mass is 290 g/mol. The van der Waals surface area contributed by atoms with Crippen molar-refractivity contribution in [2.24, 2.45) is 17.6 Å². The SMILES string of the molecule is COc1cc2c(cc1C(CN)NCC1CC1C)OC(C)C2. The Morgan fingerprint density at radius 2 is 2.19 bits per heavy atom. The Bertz CT molecular complexity index is 518. The Kier molecular flexibility index (Phi) is 4.09. The van der Waals surface area contributed by atoms with Gasteiger partial charge in [-0.3, -0.25) is 0 Å². The van der Waals surface area contributed by atoms with Gasteiger partial charge in [0.2, 0.25) is 0 Å². The summed E-state index contributed by atoms with van der Waals surface area (Å²) in [5, 5.41) is 3.59. The summed E-state index contributed by atoms with van der Waals surface area (Å²) in [5.41, 5.74) is 8.33. The Morgan fingerprint density at radius 3 is 2.81 bits per heavy atom. The van der Waals surface area contributed by atoms with Crippen LogP contribution in [0, 0.1) is 11.8 Å². The van der Waals surface area contributed by atoms with E-state index in [0.29, 0.717) is 6.54 Å². The molecule has 3 N–H and O–H groups in total. The maximum atomic E-state index is 5.98. The third-order valence-corrected chi connectivity index (χ3v) is 4.76. The lowest BCUT2D eigenvalue weighted by atomic mass is 10.0. The Hall–Kier alpha value is -1.26. The van der Waals surface area contributed by atoms with Gasteiger partial charge in [0.05, 0.1) is 7.11 Å². The minimum atomic E-state index is 0.123. The maximum Gasteiger partial charge on any atom is 0.124 e. The lowest BCUT2D eigenvalue weighted by molar-refractivity contribution is 0.254. The van der Waals surface area contributed by atoms with Gasteiger partial charge in [0.15, 0.2) is 0 Å². The molecule has 4 heteroatoms. The lowest BCUT2D eigenvalue weighted by Crippen LogP contribution is -2.30. The second kappa shape index (κ2) is 5.85. The first-order chi connectivity index (χ1) is 10.1. The molecular weight excluding hydrogens is 264 g/mol. The van der Waals surface area contributed by atoms with E-state index in [1.807, 2.05) is 0 Å². The molecule has 21 heavy (non-hydrogen) atoms. The molecule has 0 spiro atoms. The fraction of sp³-hybridized carbons (Fsp3) is 0.647. The van der Waals surface area contributed by atoms with E-state index < -0.39 is 0 Å². The average Bonchev–Trinajstić information content (AvgIpc) is 3.04. The molecule has 4 unspecified atom stereocenters. The Balaban J connectivity index is 1.79. The van der Waals surface area contributed by atoms with Crippen molar-refractivity contribution in [3.8, 4) is 11.5 Å². The lowest BCUT2D eigenvalue weighted by Gasteiger charge is -2.21. The van der Waals surface area contributed by atoms with Crippen LogP contribution in [-0.2, 0) is 6.42 Å². The number of hydrogen-bond acceptors (Lipinski definition) is 4. The number of benzene rings is 1. The maximum absolute atomic E-state index is 5.98. The highest BCUT2D eigenvalue weighted by Gasteiger charge is 2.33. The first-order valence-corrected chi connectivity index (χ1v) is 7.93. The summed E-state index contributed by atoms with van der Waals surface area (Å²) in [6, 6.07) is 4.34. The highest BCUT2D eigenvalue weighted by Crippen LogP contribution is 2.39. The van der Waals surface area contributed by atoms with E-state index in [4.69, 9.17) is 15.2 Å². The van der Waals surface area contributed by atoms with Crippen molar-refractivity contribution in [1.82, 2.24) is 5.32 Å². The van der Waals surface area contributed by atoms with Gasteiger partial charge in [0, 0.05) is 30.1 Å². The molecule has 1 saturated carbocycles. The fourth-order valence-electron chi connectivity index (χ4n) is 3.20. The van der Waals surface area contributed by atoms with Crippen LogP contribution in [0.25, 0.3) is 0 Å². The third-order valence-electron chi connectivity index (χ3n) is 4.76. The molecule has 1 aliphatic carbocycles. The number of rotatable bonds is 6. The summed E-state index contributed by atoms with van der Waals surface area (Å²) in [7, 11) is 1.72. The molecule has 0 saturated heterocycles. The van der Waals surface area contributed by atoms with Gasteiger partial charge in [-0.2, -0.15) is 0 Å². The molecule has 4 nitrogen and oxygen atoms in total. The highest BCUT2D eigenvalue weighted by atomic mass is 16.5. The molecule has 1 aromatic rings. The van der Waals surface area contributed by atoms with Gasteiger partial charge in [-0.15, -0.1) is 0 Å². The van der Waals surface area contributed by atoms with Gasteiger partial charge in [-0.05, 0) is 43.9 Å². The largest absolute Gasteiger partial charge is 0.496 e. The smallest absolute Gasteiger partial charge is 0.124 e. The summed E-state index contributed by atoms with van der Waals surface area (Å²) in [5.74, 6) is 3.55. The number of ether oxygens (including phenoxy) is 2. The minimum Gasteiger partial charge on any atom is -0.496 e. The van der Waals surface area contributed by atoms with Crippen LogP contribution in [0.5, 0.6) is 11.5 Å². The van der Waals surface area contributed by atoms with E-state index in [1.54, 1.807) is 7.11 Å². The fourth-order valence-corrected chi connectivity index (χ4v) is 3.20. The molecule has 1 aliphatic heterocycles. The standard InChI is InChI=1S/C17H26N2O2/c1-10-4-13(10)9-19-15(8-18)14-7-16-12(5-11(2)21-16)6-17(14)20-3/h6-7,10-11,13,15,19H,4-5,8-9,18H2,1-3H3. The predicted octanol–water partition coefficient (Wildman–Crippen LogP) is 2.26. The van der Waals surface area contributed by atoms with E-state index in [-0.39, 0.29) is 12.1 Å². The highest BCUT2D eigenvalue weighted by molar-refractivity contribution is 5.50. The van der Waals surface area contributed by atoms with Gasteiger partial charge < -0.3 is 20.5 Å². The second-order valence-electron chi connectivity index (χ2n) is 6.50. The van der Waals surface area contributed by atoms with Crippen LogP contribution in [-0.4, -0.2) is 26.3 Å². The van der Waals surface area contributed by atoms with Crippen LogP contribution in [0.15, 0.2) is 12.1 Å². The van der Waals surface area contributed by atoms with Gasteiger partial charge >= 0.3 is 0 Å². The summed E-state index contributed by atoms with van der Waals surface area (Å²) < 4.78 is 11.5. The average molecular weight is 290 g/mol. The van der Waals surface area contributed by atoms with Crippen molar-refractivity contribution < 1.29 is 9.47 Å². The van der Waals surface area contributed by atoms with Crippen LogP contribution >= 0.6 is 0 Å². The zero-order chi connectivity index (χ0) is 15.0. The van der Waals surface area contributed by atoms with E-state index in [1.165, 1.54) is 12.0 Å². The molecule has 1 fully saturated rings. The van der Waals surface area contributed by atoms with Crippen LogP contribution in [0.2, 0.25) is 0 Å². The summed E-state index contributed by atoms with van der Waals surface area (Å²) in [4.78, 5) is 0. The van der Waals surface area contributed by atoms with Crippen molar-refractivity contribution in [3.05, 3.63) is 23.3 Å². The topological polar surface area (TPSA) is 56.5 Å². The predicted molar refractivity (Wildman–Crippen MR) is 83.9 cm³/mol. The van der Waals surface area contributed by atoms with Gasteiger partial charge in [-0.1, -0.05) is 6.92 Å². The Morgan fingerprint density at radius 1 is 1.43 bits per heavy atom. The number of nitrogens with two attached hydrogens (primary N) is 1. The molecule has 1 heterocycles. The summed E-state index contributed by atoms with van der Waals surface area (Å²) in [6.07, 6.45) is 2.52. The zero-order valence-corrected chi connectivity index (χ0v) is 13.2. The second-order valence-corrected chi connectivity index (χ2v) is 6.50. The van der Waals surface area contributed by atoms with E-state index in [0.717, 1.165) is 41.9 Å². The molecule has 116 valence electrons. The van der Waals surface area contributed by atoms with E-state index in [2.05, 4.69) is 31.3 Å². The number of hydrogen-bond donors (Lipinski definition) is 2. The molecular formula is C17H26N2O2. The molecule has 3 rings (SSSR count). The van der Waals surface area contributed by atoms with Crippen LogP contribution < -0.4 is 20.5 Å². The summed E-state index contributed by atoms with van der Waals surface area (Å²) >= 11 is 0. The van der Waals surface area contributed by atoms with Crippen molar-refractivity contribution in [1.29, 1.82) is 0 Å². The number of fused-ring (bicyclic) bond motifs is 1. The van der Waals surface area contributed by atoms with Crippen LogP contribution in [0.1, 0.15) is 37.4 Å². The Labute approximate surface area is 127 Å². The molecule has 0 bridgehead atoms. The molecule has 1 aromatic carbocycles. The van der Waals surface area contributed by atoms with Gasteiger partial charge in [-0.25, -0.2) is 0 Å². The van der Waals surface area contributed by atoms with Gasteiger partial charge in [0.1, 0.15) is 17.6 Å². The molecule has 0 aromatic heterocycles. The number of methoxy groups -OCH3 is 1. The van der Waals surface area contributed by atoms with E-state index in [9.17, 15) is 0 Å². The van der Waals surface area contributed by atoms with Crippen molar-refractivity contribution in [2.75, 3.05) is 20.2 Å². The van der Waals surface area contributed by atoms with Crippen LogP contribution in [0.3, 0.4) is 0 Å². The molecule has 0 radical (unpaired) electrons.